The maximum Gasteiger partial charge on any atom is 0.142 e. The van der Waals surface area contributed by atoms with Crippen molar-refractivity contribution in [2.75, 3.05) is 7.11 Å². The molecule has 110 valence electrons. The summed E-state index contributed by atoms with van der Waals surface area (Å²) in [6.45, 7) is 0. The Morgan fingerprint density at radius 2 is 2.24 bits per heavy atom. The van der Waals surface area contributed by atoms with Crippen LogP contribution in [-0.4, -0.2) is 16.7 Å². The number of benzene rings is 1. The van der Waals surface area contributed by atoms with Gasteiger partial charge in [-0.25, -0.2) is 4.98 Å². The Labute approximate surface area is 123 Å². The molecule has 1 unspecified atom stereocenters. The highest BCUT2D eigenvalue weighted by atomic mass is 16.5. The molecule has 1 aromatic heterocycles. The fourth-order valence-corrected chi connectivity index (χ4v) is 3.01. The molecule has 5 nitrogen and oxygen atoms in total. The topological polar surface area (TPSA) is 62.3 Å². The van der Waals surface area contributed by atoms with Gasteiger partial charge >= 0.3 is 0 Å². The number of aromatic nitrogens is 2. The van der Waals surface area contributed by atoms with E-state index in [0.29, 0.717) is 6.04 Å². The van der Waals surface area contributed by atoms with Crippen LogP contribution >= 0.6 is 0 Å². The van der Waals surface area contributed by atoms with Gasteiger partial charge in [0, 0.05) is 24.1 Å². The summed E-state index contributed by atoms with van der Waals surface area (Å²) in [4.78, 5) is 4.29. The maximum absolute atomic E-state index is 6.34. The molecule has 1 saturated carbocycles. The van der Waals surface area contributed by atoms with Crippen LogP contribution in [-0.2, 0) is 0 Å². The van der Waals surface area contributed by atoms with Gasteiger partial charge in [-0.05, 0) is 31.0 Å². The summed E-state index contributed by atoms with van der Waals surface area (Å²) in [6.07, 6.45) is 7.02. The van der Waals surface area contributed by atoms with E-state index in [0.717, 1.165) is 29.2 Å². The lowest BCUT2D eigenvalue weighted by atomic mass is 9.95. The summed E-state index contributed by atoms with van der Waals surface area (Å²) in [7, 11) is 1.66. The van der Waals surface area contributed by atoms with Crippen LogP contribution in [0.5, 0.6) is 11.5 Å². The second kappa shape index (κ2) is 4.77. The van der Waals surface area contributed by atoms with E-state index in [4.69, 9.17) is 15.2 Å². The van der Waals surface area contributed by atoms with Crippen molar-refractivity contribution in [1.29, 1.82) is 0 Å². The SMILES string of the molecule is COc1ccc2c(c1)[C@H](N)CC(c1cncn1C1CC1)O2. The van der Waals surface area contributed by atoms with Gasteiger partial charge in [0.05, 0.1) is 25.3 Å². The fraction of sp³-hybridized carbons (Fsp3) is 0.438. The monoisotopic (exact) mass is 285 g/mol. The van der Waals surface area contributed by atoms with Crippen LogP contribution in [0.3, 0.4) is 0 Å². The molecule has 2 heterocycles. The number of rotatable bonds is 3. The molecule has 2 aromatic rings. The van der Waals surface area contributed by atoms with E-state index in [1.54, 1.807) is 7.11 Å². The Bertz CT molecular complexity index is 663. The highest BCUT2D eigenvalue weighted by Gasteiger charge is 2.33. The standard InChI is InChI=1S/C16H19N3O2/c1-20-11-4-5-15-12(6-11)13(17)7-16(21-15)14-8-18-9-19(14)10-2-3-10/h4-6,8-10,13,16H,2-3,7,17H2,1H3/t13-,16?/m1/s1. The summed E-state index contributed by atoms with van der Waals surface area (Å²) in [5.41, 5.74) is 8.49. The summed E-state index contributed by atoms with van der Waals surface area (Å²) in [5.74, 6) is 1.66. The smallest absolute Gasteiger partial charge is 0.142 e. The number of ether oxygens (including phenoxy) is 2. The average molecular weight is 285 g/mol. The van der Waals surface area contributed by atoms with Gasteiger partial charge in [0.1, 0.15) is 17.6 Å². The Kier molecular flexibility index (Phi) is 2.89. The third kappa shape index (κ3) is 2.17. The van der Waals surface area contributed by atoms with Crippen molar-refractivity contribution in [3.63, 3.8) is 0 Å². The number of nitrogens with two attached hydrogens (primary N) is 1. The lowest BCUT2D eigenvalue weighted by molar-refractivity contribution is 0.152. The minimum atomic E-state index is -0.0450. The van der Waals surface area contributed by atoms with E-state index in [1.807, 2.05) is 30.7 Å². The van der Waals surface area contributed by atoms with Gasteiger partial charge in [-0.3, -0.25) is 0 Å². The van der Waals surface area contributed by atoms with Gasteiger partial charge < -0.3 is 19.8 Å². The summed E-state index contributed by atoms with van der Waals surface area (Å²) in [5, 5.41) is 0. The molecule has 1 aromatic carbocycles. The minimum absolute atomic E-state index is 0.0241. The Hall–Kier alpha value is -2.01. The van der Waals surface area contributed by atoms with Crippen LogP contribution in [0.15, 0.2) is 30.7 Å². The van der Waals surface area contributed by atoms with Crippen molar-refractivity contribution in [1.82, 2.24) is 9.55 Å². The minimum Gasteiger partial charge on any atom is -0.497 e. The van der Waals surface area contributed by atoms with Gasteiger partial charge in [0.15, 0.2) is 0 Å². The van der Waals surface area contributed by atoms with E-state index >= 15 is 0 Å². The average Bonchev–Trinajstić information content (AvgIpc) is 3.24. The summed E-state index contributed by atoms with van der Waals surface area (Å²) >= 11 is 0. The number of fused-ring (bicyclic) bond motifs is 1. The van der Waals surface area contributed by atoms with Crippen molar-refractivity contribution in [2.45, 2.75) is 37.5 Å². The lowest BCUT2D eigenvalue weighted by Gasteiger charge is -2.31. The predicted molar refractivity (Wildman–Crippen MR) is 78.4 cm³/mol. The Balaban J connectivity index is 1.66. The molecule has 2 aliphatic rings. The van der Waals surface area contributed by atoms with Crippen molar-refractivity contribution < 1.29 is 9.47 Å². The van der Waals surface area contributed by atoms with Crippen LogP contribution in [0, 0.1) is 0 Å². The first-order valence-electron chi connectivity index (χ1n) is 7.38. The molecule has 0 radical (unpaired) electrons. The van der Waals surface area contributed by atoms with Gasteiger partial charge in [-0.1, -0.05) is 0 Å². The third-order valence-corrected chi connectivity index (χ3v) is 4.32. The van der Waals surface area contributed by atoms with Gasteiger partial charge in [-0.15, -0.1) is 0 Å². The number of nitrogens with zero attached hydrogens (tertiary/aromatic N) is 2. The van der Waals surface area contributed by atoms with Gasteiger partial charge in [0.25, 0.3) is 0 Å². The molecule has 5 heteroatoms. The molecule has 0 amide bonds. The molecule has 2 N–H and O–H groups in total. The van der Waals surface area contributed by atoms with Crippen LogP contribution in [0.1, 0.15) is 48.7 Å². The second-order valence-corrected chi connectivity index (χ2v) is 5.81. The van der Waals surface area contributed by atoms with Crippen LogP contribution < -0.4 is 15.2 Å². The molecular weight excluding hydrogens is 266 g/mol. The highest BCUT2D eigenvalue weighted by Crippen LogP contribution is 2.43. The largest absolute Gasteiger partial charge is 0.497 e. The number of hydrogen-bond acceptors (Lipinski definition) is 4. The molecule has 2 atom stereocenters. The summed E-state index contributed by atoms with van der Waals surface area (Å²) in [6, 6.07) is 6.37. The van der Waals surface area contributed by atoms with E-state index in [2.05, 4.69) is 9.55 Å². The molecule has 1 fully saturated rings. The molecule has 1 aliphatic carbocycles. The molecule has 1 aliphatic heterocycles. The van der Waals surface area contributed by atoms with Gasteiger partial charge in [-0.2, -0.15) is 0 Å². The molecule has 0 saturated heterocycles. The number of methoxy groups -OCH3 is 1. The second-order valence-electron chi connectivity index (χ2n) is 5.81. The van der Waals surface area contributed by atoms with E-state index < -0.39 is 0 Å². The number of hydrogen-bond donors (Lipinski definition) is 1. The van der Waals surface area contributed by atoms with Crippen molar-refractivity contribution in [3.05, 3.63) is 42.0 Å². The number of imidazole rings is 1. The molecule has 21 heavy (non-hydrogen) atoms. The van der Waals surface area contributed by atoms with E-state index in [9.17, 15) is 0 Å². The first-order chi connectivity index (χ1) is 10.3. The van der Waals surface area contributed by atoms with Crippen molar-refractivity contribution in [3.8, 4) is 11.5 Å². The first-order valence-corrected chi connectivity index (χ1v) is 7.38. The van der Waals surface area contributed by atoms with Gasteiger partial charge in [0.2, 0.25) is 0 Å². The van der Waals surface area contributed by atoms with E-state index in [1.165, 1.54) is 12.8 Å². The zero-order valence-electron chi connectivity index (χ0n) is 12.0. The Morgan fingerprint density at radius 1 is 1.38 bits per heavy atom. The summed E-state index contributed by atoms with van der Waals surface area (Å²) < 4.78 is 13.7. The Morgan fingerprint density at radius 3 is 3.00 bits per heavy atom. The van der Waals surface area contributed by atoms with Crippen molar-refractivity contribution >= 4 is 0 Å². The molecule has 0 spiro atoms. The van der Waals surface area contributed by atoms with Crippen LogP contribution in [0.2, 0.25) is 0 Å². The predicted octanol–water partition coefficient (Wildman–Crippen LogP) is 2.75. The molecule has 4 rings (SSSR count). The fourth-order valence-electron chi connectivity index (χ4n) is 3.01. The quantitative estimate of drug-likeness (QED) is 0.942. The van der Waals surface area contributed by atoms with Crippen LogP contribution in [0.25, 0.3) is 0 Å². The molecule has 0 bridgehead atoms. The molecular formula is C16H19N3O2. The third-order valence-electron chi connectivity index (χ3n) is 4.32. The normalized spacial score (nSPS) is 24.3. The highest BCUT2D eigenvalue weighted by molar-refractivity contribution is 5.44. The van der Waals surface area contributed by atoms with E-state index in [-0.39, 0.29) is 12.1 Å². The zero-order chi connectivity index (χ0) is 14.4. The van der Waals surface area contributed by atoms with Crippen molar-refractivity contribution in [2.24, 2.45) is 5.73 Å². The maximum atomic E-state index is 6.34. The van der Waals surface area contributed by atoms with Crippen LogP contribution in [0.4, 0.5) is 0 Å². The zero-order valence-corrected chi connectivity index (χ0v) is 12.0. The lowest BCUT2D eigenvalue weighted by Crippen LogP contribution is -2.25. The first kappa shape index (κ1) is 12.7.